The largest absolute Gasteiger partial charge is 0.475 e. The molecule has 2 nitrogen and oxygen atoms in total. The number of hydrogen-bond acceptors (Lipinski definition) is 2. The molecule has 0 aromatic heterocycles. The lowest BCUT2D eigenvalue weighted by Crippen LogP contribution is -1.95. The number of hydrogen-bond donors (Lipinski definition) is 0. The molecule has 0 amide bonds. The molecule has 6 heavy (non-hydrogen) atoms. The van der Waals surface area contributed by atoms with Crippen LogP contribution in [0.2, 0.25) is 6.32 Å². The van der Waals surface area contributed by atoms with Gasteiger partial charge in [0.2, 0.25) is 5.87 Å². The van der Waals surface area contributed by atoms with Gasteiger partial charge in [-0.05, 0) is 6.32 Å². The Kier molecular flexibility index (Phi) is 0.822. The average molecular weight is 82.9 g/mol. The van der Waals surface area contributed by atoms with Gasteiger partial charge in [-0.25, -0.2) is 0 Å². The Balaban J connectivity index is 2.37. The van der Waals surface area contributed by atoms with Crippen LogP contribution in [0, 0.1) is 0 Å². The van der Waals surface area contributed by atoms with Crippen LogP contribution in [-0.4, -0.2) is 19.8 Å². The molecular weight excluding hydrogens is 78.8 g/mol. The van der Waals surface area contributed by atoms with Gasteiger partial charge in [0.05, 0.1) is 6.61 Å². The first-order valence-corrected chi connectivity index (χ1v) is 1.89. The van der Waals surface area contributed by atoms with Crippen molar-refractivity contribution in [2.24, 2.45) is 0 Å². The molecule has 0 N–H and O–H groups in total. The summed E-state index contributed by atoms with van der Waals surface area (Å²) in [6.07, 6.45) is 0.791. The monoisotopic (exact) mass is 83.0 g/mol. The third-order valence-electron chi connectivity index (χ3n) is 0.673. The van der Waals surface area contributed by atoms with E-state index >= 15 is 0 Å². The summed E-state index contributed by atoms with van der Waals surface area (Å²) in [5.74, 6) is -0.171. The van der Waals surface area contributed by atoms with E-state index in [9.17, 15) is 4.79 Å². The molecule has 3 heteroatoms. The Morgan fingerprint density at radius 1 is 1.83 bits per heavy atom. The van der Waals surface area contributed by atoms with Crippen LogP contribution in [0.4, 0.5) is 4.79 Å². The van der Waals surface area contributed by atoms with Crippen LogP contribution in [0.5, 0.6) is 0 Å². The van der Waals surface area contributed by atoms with Crippen LogP contribution in [-0.2, 0) is 4.74 Å². The molecule has 0 aliphatic carbocycles. The maximum atomic E-state index is 9.97. The minimum Gasteiger partial charge on any atom is -0.475 e. The summed E-state index contributed by atoms with van der Waals surface area (Å²) >= 11 is 0. The third-order valence-corrected chi connectivity index (χ3v) is 0.673. The minimum atomic E-state index is -0.171. The highest BCUT2D eigenvalue weighted by atomic mass is 16.5. The maximum absolute atomic E-state index is 9.97. The Labute approximate surface area is 36.7 Å². The van der Waals surface area contributed by atoms with Gasteiger partial charge in [0.15, 0.2) is 0 Å². The molecule has 1 heterocycles. The number of cyclic esters (lactones) is 1. The standard InChI is InChI=1S/C3H4BO2/c5-3-4-1-2-6-3/h1-2H2. The molecule has 0 atom stereocenters. The summed E-state index contributed by atoms with van der Waals surface area (Å²) in [5.41, 5.74) is 0. The van der Waals surface area contributed by atoms with Gasteiger partial charge in [0.1, 0.15) is 0 Å². The maximum Gasteiger partial charge on any atom is 0.264 e. The molecule has 0 bridgehead atoms. The van der Waals surface area contributed by atoms with Crippen molar-refractivity contribution in [3.63, 3.8) is 0 Å². The highest BCUT2D eigenvalue weighted by Gasteiger charge is 2.11. The van der Waals surface area contributed by atoms with Gasteiger partial charge in [0.25, 0.3) is 7.28 Å². The van der Waals surface area contributed by atoms with Gasteiger partial charge in [-0.15, -0.1) is 0 Å². The lowest BCUT2D eigenvalue weighted by atomic mass is 9.78. The number of ether oxygens (including phenoxy) is 1. The summed E-state index contributed by atoms with van der Waals surface area (Å²) in [4.78, 5) is 9.97. The first-order valence-electron chi connectivity index (χ1n) is 1.89. The molecule has 1 rings (SSSR count). The van der Waals surface area contributed by atoms with E-state index in [0.29, 0.717) is 6.61 Å². The first kappa shape index (κ1) is 3.72. The number of rotatable bonds is 0. The summed E-state index contributed by atoms with van der Waals surface area (Å²) < 4.78 is 4.46. The van der Waals surface area contributed by atoms with E-state index in [1.807, 2.05) is 0 Å². The van der Waals surface area contributed by atoms with Crippen molar-refractivity contribution in [1.82, 2.24) is 0 Å². The van der Waals surface area contributed by atoms with E-state index in [2.05, 4.69) is 4.74 Å². The van der Waals surface area contributed by atoms with Gasteiger partial charge >= 0.3 is 0 Å². The van der Waals surface area contributed by atoms with Crippen LogP contribution in [0.3, 0.4) is 0 Å². The van der Waals surface area contributed by atoms with Crippen molar-refractivity contribution in [3.8, 4) is 0 Å². The molecule has 1 aliphatic rings. The van der Waals surface area contributed by atoms with Crippen molar-refractivity contribution < 1.29 is 9.53 Å². The summed E-state index contributed by atoms with van der Waals surface area (Å²) in [5, 5.41) is 0. The quantitative estimate of drug-likeness (QED) is 0.392. The average Bonchev–Trinajstić information content (AvgIpc) is 1.86. The van der Waals surface area contributed by atoms with E-state index in [1.165, 1.54) is 0 Å². The second-order valence-corrected chi connectivity index (χ2v) is 1.16. The summed E-state index contributed by atoms with van der Waals surface area (Å²) in [6, 6.07) is 0. The topological polar surface area (TPSA) is 26.3 Å². The van der Waals surface area contributed by atoms with Crippen molar-refractivity contribution in [2.45, 2.75) is 6.32 Å². The zero-order valence-corrected chi connectivity index (χ0v) is 3.31. The SMILES string of the molecule is O=C1[B]CCO1. The molecule has 1 radical (unpaired) electrons. The van der Waals surface area contributed by atoms with Crippen molar-refractivity contribution >= 4 is 13.1 Å². The fourth-order valence-corrected chi connectivity index (χ4v) is 0.395. The third kappa shape index (κ3) is 0.532. The van der Waals surface area contributed by atoms with Crippen molar-refractivity contribution in [3.05, 3.63) is 0 Å². The number of carbonyl (C=O) groups excluding carboxylic acids is 1. The zero-order chi connectivity index (χ0) is 4.41. The molecule has 0 saturated carbocycles. The fraction of sp³-hybridized carbons (Fsp3) is 0.667. The van der Waals surface area contributed by atoms with Gasteiger partial charge in [-0.2, -0.15) is 0 Å². The Bertz CT molecular complexity index is 63.2. The summed E-state index contributed by atoms with van der Waals surface area (Å²) in [6.45, 7) is 0.582. The fourth-order valence-electron chi connectivity index (χ4n) is 0.395. The van der Waals surface area contributed by atoms with Crippen LogP contribution in [0.25, 0.3) is 0 Å². The van der Waals surface area contributed by atoms with Crippen LogP contribution < -0.4 is 0 Å². The molecule has 0 aromatic carbocycles. The van der Waals surface area contributed by atoms with E-state index in [-0.39, 0.29) is 5.87 Å². The van der Waals surface area contributed by atoms with E-state index in [1.54, 1.807) is 7.28 Å². The Morgan fingerprint density at radius 3 is 2.83 bits per heavy atom. The molecule has 1 aliphatic heterocycles. The second-order valence-electron chi connectivity index (χ2n) is 1.16. The highest BCUT2D eigenvalue weighted by Crippen LogP contribution is 1.94. The van der Waals surface area contributed by atoms with Crippen LogP contribution in [0.15, 0.2) is 0 Å². The van der Waals surface area contributed by atoms with Crippen molar-refractivity contribution in [2.75, 3.05) is 6.61 Å². The van der Waals surface area contributed by atoms with Crippen molar-refractivity contribution in [1.29, 1.82) is 0 Å². The van der Waals surface area contributed by atoms with E-state index in [4.69, 9.17) is 0 Å². The molecule has 0 aromatic rings. The van der Waals surface area contributed by atoms with Crippen LogP contribution in [0.1, 0.15) is 0 Å². The summed E-state index contributed by atoms with van der Waals surface area (Å²) in [7, 11) is 1.54. The van der Waals surface area contributed by atoms with E-state index < -0.39 is 0 Å². The van der Waals surface area contributed by atoms with E-state index in [0.717, 1.165) is 6.32 Å². The number of carbonyl (C=O) groups is 1. The minimum absolute atomic E-state index is 0.171. The lowest BCUT2D eigenvalue weighted by Gasteiger charge is -1.82. The smallest absolute Gasteiger partial charge is 0.264 e. The normalized spacial score (nSPS) is 19.7. The molecule has 31 valence electrons. The molecule has 0 unspecified atom stereocenters. The molecular formula is C3H4BO2. The first-order chi connectivity index (χ1) is 2.89. The lowest BCUT2D eigenvalue weighted by molar-refractivity contribution is 0.187. The molecule has 1 fully saturated rings. The predicted molar refractivity (Wildman–Crippen MR) is 21.9 cm³/mol. The predicted octanol–water partition coefficient (Wildman–Crippen LogP) is 0.259. The van der Waals surface area contributed by atoms with Gasteiger partial charge in [-0.3, -0.25) is 4.79 Å². The highest BCUT2D eigenvalue weighted by molar-refractivity contribution is 6.73. The molecule has 1 saturated heterocycles. The second kappa shape index (κ2) is 1.33. The zero-order valence-electron chi connectivity index (χ0n) is 3.31. The van der Waals surface area contributed by atoms with Gasteiger partial charge in [0, 0.05) is 0 Å². The van der Waals surface area contributed by atoms with Gasteiger partial charge in [-0.1, -0.05) is 0 Å². The van der Waals surface area contributed by atoms with Crippen LogP contribution >= 0.6 is 0 Å². The Hall–Kier alpha value is -0.465. The van der Waals surface area contributed by atoms with Gasteiger partial charge < -0.3 is 4.74 Å². The molecule has 0 spiro atoms. The Morgan fingerprint density at radius 2 is 2.67 bits per heavy atom.